The van der Waals surface area contributed by atoms with E-state index in [1.807, 2.05) is 13.8 Å². The Morgan fingerprint density at radius 1 is 0.786 bits per heavy atom. The van der Waals surface area contributed by atoms with E-state index in [1.54, 1.807) is 0 Å². The van der Waals surface area contributed by atoms with E-state index >= 15 is 0 Å². The van der Waals surface area contributed by atoms with Crippen LogP contribution in [0.25, 0.3) is 0 Å². The van der Waals surface area contributed by atoms with Crippen LogP contribution in [0.5, 0.6) is 0 Å². The lowest BCUT2D eigenvalue weighted by atomic mass is 9.99. The lowest BCUT2D eigenvalue weighted by molar-refractivity contribution is -0.147. The summed E-state index contributed by atoms with van der Waals surface area (Å²) in [6.07, 6.45) is 16.9. The summed E-state index contributed by atoms with van der Waals surface area (Å²) in [6, 6.07) is -0.639. The van der Waals surface area contributed by atoms with Gasteiger partial charge in [-0.2, -0.15) is 0 Å². The highest BCUT2D eigenvalue weighted by molar-refractivity contribution is 5.81. The molecule has 1 unspecified atom stereocenters. The summed E-state index contributed by atoms with van der Waals surface area (Å²) in [5, 5.41) is 2.58. The van der Waals surface area contributed by atoms with Crippen LogP contribution in [0, 0.1) is 5.92 Å². The van der Waals surface area contributed by atoms with Crippen molar-refractivity contribution in [3.8, 4) is 0 Å². The van der Waals surface area contributed by atoms with Crippen molar-refractivity contribution in [1.29, 1.82) is 0 Å². The van der Waals surface area contributed by atoms with E-state index in [-0.39, 0.29) is 11.9 Å². The van der Waals surface area contributed by atoms with Crippen LogP contribution in [0.3, 0.4) is 0 Å². The van der Waals surface area contributed by atoms with Gasteiger partial charge in [0.1, 0.15) is 6.04 Å². The molecule has 0 aliphatic rings. The molecule has 0 aromatic carbocycles. The first-order valence-electron chi connectivity index (χ1n) is 11.6. The van der Waals surface area contributed by atoms with Crippen LogP contribution in [-0.4, -0.2) is 31.8 Å². The molecule has 0 aromatic rings. The van der Waals surface area contributed by atoms with E-state index in [1.165, 1.54) is 77.7 Å². The zero-order valence-corrected chi connectivity index (χ0v) is 18.9. The molecule has 28 heavy (non-hydrogen) atoms. The molecule has 0 heterocycles. The zero-order chi connectivity index (χ0) is 21.0. The topological polar surface area (TPSA) is 64.6 Å². The Bertz CT molecular complexity index is 387. The van der Waals surface area contributed by atoms with Gasteiger partial charge in [-0.25, -0.2) is 9.59 Å². The van der Waals surface area contributed by atoms with Gasteiger partial charge in [0.15, 0.2) is 0 Å². The summed E-state index contributed by atoms with van der Waals surface area (Å²) in [6.45, 7) is 6.59. The number of alkyl carbamates (subject to hydrolysis) is 1. The number of methoxy groups -OCH3 is 1. The summed E-state index contributed by atoms with van der Waals surface area (Å²) in [5.41, 5.74) is 0. The van der Waals surface area contributed by atoms with E-state index in [0.29, 0.717) is 6.61 Å². The number of esters is 1. The smallest absolute Gasteiger partial charge is 0.407 e. The molecule has 1 N–H and O–H groups in total. The molecule has 2 atom stereocenters. The minimum absolute atomic E-state index is 0.0123. The Hall–Kier alpha value is -1.26. The quantitative estimate of drug-likeness (QED) is 0.214. The van der Waals surface area contributed by atoms with Gasteiger partial charge in [-0.3, -0.25) is 0 Å². The lowest BCUT2D eigenvalue weighted by Gasteiger charge is -2.21. The van der Waals surface area contributed by atoms with Gasteiger partial charge in [-0.1, -0.05) is 104 Å². The number of unbranched alkanes of at least 4 members (excludes halogenated alkanes) is 12. The summed E-state index contributed by atoms with van der Waals surface area (Å²) in [7, 11) is 1.29. The molecule has 0 aliphatic heterocycles. The van der Waals surface area contributed by atoms with Crippen LogP contribution in [0.2, 0.25) is 0 Å². The fourth-order valence-electron chi connectivity index (χ4n) is 3.24. The van der Waals surface area contributed by atoms with Crippen molar-refractivity contribution in [2.45, 2.75) is 117 Å². The number of carbonyl (C=O) groups excluding carboxylic acids is 2. The predicted octanol–water partition coefficient (Wildman–Crippen LogP) is 6.39. The number of hydrogen-bond acceptors (Lipinski definition) is 4. The van der Waals surface area contributed by atoms with E-state index < -0.39 is 12.1 Å². The average Bonchev–Trinajstić information content (AvgIpc) is 2.71. The van der Waals surface area contributed by atoms with Crippen molar-refractivity contribution in [2.24, 2.45) is 5.92 Å². The van der Waals surface area contributed by atoms with Crippen LogP contribution in [0.1, 0.15) is 111 Å². The number of amides is 1. The first-order valence-corrected chi connectivity index (χ1v) is 11.6. The summed E-state index contributed by atoms with van der Waals surface area (Å²) >= 11 is 0. The molecule has 0 rings (SSSR count). The van der Waals surface area contributed by atoms with Gasteiger partial charge >= 0.3 is 12.1 Å². The van der Waals surface area contributed by atoms with Crippen molar-refractivity contribution in [2.75, 3.05) is 13.7 Å². The van der Waals surface area contributed by atoms with Gasteiger partial charge in [-0.05, 0) is 12.3 Å². The fraction of sp³-hybridized carbons (Fsp3) is 0.913. The monoisotopic (exact) mass is 399 g/mol. The van der Waals surface area contributed by atoms with Crippen molar-refractivity contribution < 1.29 is 19.1 Å². The number of hydrogen-bond donors (Lipinski definition) is 1. The Balaban J connectivity index is 3.62. The molecule has 0 radical (unpaired) electrons. The molecule has 0 bridgehead atoms. The van der Waals surface area contributed by atoms with Crippen LogP contribution < -0.4 is 5.32 Å². The molecule has 0 saturated heterocycles. The van der Waals surface area contributed by atoms with Crippen LogP contribution >= 0.6 is 0 Å². The Labute approximate surface area is 173 Å². The number of rotatable bonds is 18. The fourth-order valence-corrected chi connectivity index (χ4v) is 3.24. The predicted molar refractivity (Wildman–Crippen MR) is 115 cm³/mol. The Kier molecular flexibility index (Phi) is 18.2. The van der Waals surface area contributed by atoms with Crippen LogP contribution in [0.15, 0.2) is 0 Å². The molecule has 1 amide bonds. The van der Waals surface area contributed by atoms with Gasteiger partial charge < -0.3 is 14.8 Å². The highest BCUT2D eigenvalue weighted by atomic mass is 16.5. The molecule has 0 aromatic heterocycles. The third-order valence-electron chi connectivity index (χ3n) is 5.42. The first kappa shape index (κ1) is 26.7. The summed E-state index contributed by atoms with van der Waals surface area (Å²) in [5.74, 6) is -0.350. The Morgan fingerprint density at radius 2 is 1.25 bits per heavy atom. The van der Waals surface area contributed by atoms with Gasteiger partial charge in [0.05, 0.1) is 13.7 Å². The standard InChI is InChI=1S/C23H45NO4/c1-5-7-8-9-10-11-12-13-14-15-16-17-18-19-28-22(25)21(20(3)6-2)24-23(26)27-4/h20-21H,5-19H2,1-4H3,(H,24,26)/t20?,21-/m0/s1. The van der Waals surface area contributed by atoms with Crippen LogP contribution in [-0.2, 0) is 14.3 Å². The average molecular weight is 400 g/mol. The maximum atomic E-state index is 12.2. The number of nitrogens with one attached hydrogen (secondary N) is 1. The third-order valence-corrected chi connectivity index (χ3v) is 5.42. The molecule has 5 nitrogen and oxygen atoms in total. The third kappa shape index (κ3) is 14.8. The molecule has 0 saturated carbocycles. The SMILES string of the molecule is CCCCCCCCCCCCCCCOC(=O)[C@@H](NC(=O)OC)C(C)CC. The van der Waals surface area contributed by atoms with Crippen molar-refractivity contribution in [1.82, 2.24) is 5.32 Å². The normalized spacial score (nSPS) is 13.0. The molecule has 166 valence electrons. The van der Waals surface area contributed by atoms with Crippen molar-refractivity contribution in [3.63, 3.8) is 0 Å². The second-order valence-corrected chi connectivity index (χ2v) is 7.91. The molecule has 0 spiro atoms. The lowest BCUT2D eigenvalue weighted by Crippen LogP contribution is -2.46. The van der Waals surface area contributed by atoms with E-state index in [4.69, 9.17) is 4.74 Å². The maximum Gasteiger partial charge on any atom is 0.407 e. The maximum absolute atomic E-state index is 12.2. The highest BCUT2D eigenvalue weighted by Gasteiger charge is 2.27. The first-order chi connectivity index (χ1) is 13.6. The van der Waals surface area contributed by atoms with E-state index in [0.717, 1.165) is 19.3 Å². The molecular weight excluding hydrogens is 354 g/mol. The van der Waals surface area contributed by atoms with Gasteiger partial charge in [0.25, 0.3) is 0 Å². The summed E-state index contributed by atoms with van der Waals surface area (Å²) in [4.78, 5) is 23.6. The van der Waals surface area contributed by atoms with E-state index in [9.17, 15) is 9.59 Å². The van der Waals surface area contributed by atoms with Crippen LogP contribution in [0.4, 0.5) is 4.79 Å². The minimum atomic E-state index is -0.639. The summed E-state index contributed by atoms with van der Waals surface area (Å²) < 4.78 is 9.96. The van der Waals surface area contributed by atoms with E-state index in [2.05, 4.69) is 17.0 Å². The zero-order valence-electron chi connectivity index (χ0n) is 18.9. The molecular formula is C23H45NO4. The van der Waals surface area contributed by atoms with Gasteiger partial charge in [0, 0.05) is 0 Å². The number of ether oxygens (including phenoxy) is 2. The number of carbonyl (C=O) groups is 2. The minimum Gasteiger partial charge on any atom is -0.464 e. The molecule has 0 fully saturated rings. The van der Waals surface area contributed by atoms with Gasteiger partial charge in [-0.15, -0.1) is 0 Å². The van der Waals surface area contributed by atoms with Crippen molar-refractivity contribution >= 4 is 12.1 Å². The molecule has 0 aliphatic carbocycles. The molecule has 5 heteroatoms. The largest absolute Gasteiger partial charge is 0.464 e. The van der Waals surface area contributed by atoms with Gasteiger partial charge in [0.2, 0.25) is 0 Å². The van der Waals surface area contributed by atoms with Crippen molar-refractivity contribution in [3.05, 3.63) is 0 Å². The highest BCUT2D eigenvalue weighted by Crippen LogP contribution is 2.13. The second kappa shape index (κ2) is 19.1. The Morgan fingerprint density at radius 3 is 1.68 bits per heavy atom. The second-order valence-electron chi connectivity index (χ2n) is 7.91.